The van der Waals surface area contributed by atoms with E-state index in [-0.39, 0.29) is 33.0 Å². The van der Waals surface area contributed by atoms with Crippen LogP contribution in [-0.2, 0) is 22.0 Å². The van der Waals surface area contributed by atoms with Gasteiger partial charge in [0.15, 0.2) is 0 Å². The minimum absolute atomic E-state index is 0.0446. The van der Waals surface area contributed by atoms with Gasteiger partial charge in [-0.15, -0.1) is 0 Å². The minimum atomic E-state index is -0.550. The van der Waals surface area contributed by atoms with Crippen LogP contribution in [0.4, 0.5) is 0 Å². The highest BCUT2D eigenvalue weighted by molar-refractivity contribution is 14.1. The summed E-state index contributed by atoms with van der Waals surface area (Å²) in [5.74, 6) is -0.992. The second-order valence-corrected chi connectivity index (χ2v) is 6.67. The normalized spacial score (nSPS) is 11.3. The number of esters is 2. The molecule has 0 aliphatic carbocycles. The molecule has 0 saturated carbocycles. The maximum Gasteiger partial charge on any atom is 0.338 e. The van der Waals surface area contributed by atoms with Crippen LogP contribution in [0.5, 0.6) is 0 Å². The van der Waals surface area contributed by atoms with Crippen LogP contribution < -0.4 is 0 Å². The Morgan fingerprint density at radius 2 is 1.44 bits per heavy atom. The van der Waals surface area contributed by atoms with Gasteiger partial charge in [-0.25, -0.2) is 9.59 Å². The zero-order valence-corrected chi connectivity index (χ0v) is 17.6. The number of ether oxygens (including phenoxy) is 4. The van der Waals surface area contributed by atoms with Gasteiger partial charge in [-0.2, -0.15) is 0 Å². The quantitative estimate of drug-likeness (QED) is 0.252. The SMILES string of the molecule is CC(C)(COCCO)OCCOC(=O)c1ccc(C(=O)OCCOI)cc1. The van der Waals surface area contributed by atoms with E-state index in [1.165, 1.54) is 24.3 Å². The van der Waals surface area contributed by atoms with Gasteiger partial charge in [0.1, 0.15) is 36.2 Å². The number of rotatable bonds is 13. The summed E-state index contributed by atoms with van der Waals surface area (Å²) in [5, 5.41) is 8.69. The molecule has 1 rings (SSSR count). The van der Waals surface area contributed by atoms with Crippen LogP contribution in [0.1, 0.15) is 34.6 Å². The molecule has 0 saturated heterocycles. The van der Waals surface area contributed by atoms with E-state index < -0.39 is 17.5 Å². The fourth-order valence-electron chi connectivity index (χ4n) is 1.95. The summed E-state index contributed by atoms with van der Waals surface area (Å²) in [6.45, 7) is 4.98. The molecule has 0 aliphatic rings. The van der Waals surface area contributed by atoms with E-state index in [0.29, 0.717) is 24.3 Å². The maximum atomic E-state index is 12.0. The molecule has 0 aromatic heterocycles. The van der Waals surface area contributed by atoms with Crippen molar-refractivity contribution in [3.63, 3.8) is 0 Å². The first-order chi connectivity index (χ1) is 12.9. The van der Waals surface area contributed by atoms with Crippen molar-refractivity contribution in [3.8, 4) is 0 Å². The fraction of sp³-hybridized carbons (Fsp3) is 0.556. The molecule has 0 fully saturated rings. The molecule has 152 valence electrons. The van der Waals surface area contributed by atoms with Crippen molar-refractivity contribution in [1.29, 1.82) is 0 Å². The van der Waals surface area contributed by atoms with Crippen LogP contribution in [0.2, 0.25) is 0 Å². The van der Waals surface area contributed by atoms with Crippen molar-refractivity contribution >= 4 is 34.9 Å². The van der Waals surface area contributed by atoms with Crippen LogP contribution in [0.3, 0.4) is 0 Å². The molecule has 1 N–H and O–H groups in total. The first kappa shape index (κ1) is 23.8. The molecular weight excluding hydrogens is 471 g/mol. The topological polar surface area (TPSA) is 101 Å². The highest BCUT2D eigenvalue weighted by Gasteiger charge is 2.19. The lowest BCUT2D eigenvalue weighted by atomic mass is 10.1. The summed E-state index contributed by atoms with van der Waals surface area (Å²) >= 11 is 1.72. The lowest BCUT2D eigenvalue weighted by Crippen LogP contribution is -2.32. The summed E-state index contributed by atoms with van der Waals surface area (Å²) < 4.78 is 25.7. The van der Waals surface area contributed by atoms with Gasteiger partial charge in [-0.1, -0.05) is 0 Å². The number of carbonyl (C=O) groups excluding carboxylic acids is 2. The second-order valence-electron chi connectivity index (χ2n) is 6.05. The third-order valence-electron chi connectivity index (χ3n) is 3.24. The molecule has 0 atom stereocenters. The summed E-state index contributed by atoms with van der Waals surface area (Å²) in [6, 6.07) is 6.01. The van der Waals surface area contributed by atoms with E-state index in [4.69, 9.17) is 27.1 Å². The third-order valence-corrected chi connectivity index (χ3v) is 3.68. The van der Waals surface area contributed by atoms with Crippen LogP contribution in [0, 0.1) is 0 Å². The average Bonchev–Trinajstić information content (AvgIpc) is 2.65. The van der Waals surface area contributed by atoms with E-state index in [2.05, 4.69) is 0 Å². The maximum absolute atomic E-state index is 12.0. The molecule has 0 unspecified atom stereocenters. The van der Waals surface area contributed by atoms with E-state index in [1.54, 1.807) is 23.0 Å². The zero-order chi connectivity index (χ0) is 20.1. The van der Waals surface area contributed by atoms with E-state index >= 15 is 0 Å². The highest BCUT2D eigenvalue weighted by atomic mass is 127. The number of carbonyl (C=O) groups is 2. The Morgan fingerprint density at radius 1 is 0.926 bits per heavy atom. The Hall–Kier alpha value is -1.27. The van der Waals surface area contributed by atoms with Crippen LogP contribution in [0.25, 0.3) is 0 Å². The Kier molecular flexibility index (Phi) is 11.4. The smallest absolute Gasteiger partial charge is 0.338 e. The standard InChI is InChI=1S/C18H25IO8/c1-18(2,13-23-8-7-20)26-11-9-24-16(21)14-3-5-15(6-4-14)17(22)25-10-12-27-19/h3-6,20H,7-13H2,1-2H3. The van der Waals surface area contributed by atoms with Crippen molar-refractivity contribution in [1.82, 2.24) is 0 Å². The van der Waals surface area contributed by atoms with Gasteiger partial charge in [0.2, 0.25) is 0 Å². The highest BCUT2D eigenvalue weighted by Crippen LogP contribution is 2.10. The molecule has 9 heteroatoms. The number of aliphatic hydroxyl groups excluding tert-OH is 1. The van der Waals surface area contributed by atoms with Gasteiger partial charge in [0.25, 0.3) is 0 Å². The van der Waals surface area contributed by atoms with E-state index in [0.717, 1.165) is 0 Å². The van der Waals surface area contributed by atoms with Gasteiger partial charge in [-0.3, -0.25) is 0 Å². The van der Waals surface area contributed by atoms with Gasteiger partial charge in [0.05, 0.1) is 49.8 Å². The Bertz CT molecular complexity index is 573. The van der Waals surface area contributed by atoms with Crippen molar-refractivity contribution in [2.24, 2.45) is 0 Å². The summed E-state index contributed by atoms with van der Waals surface area (Å²) in [7, 11) is 0. The molecule has 8 nitrogen and oxygen atoms in total. The van der Waals surface area contributed by atoms with E-state index in [9.17, 15) is 9.59 Å². The second kappa shape index (κ2) is 13.0. The molecule has 0 bridgehead atoms. The monoisotopic (exact) mass is 496 g/mol. The van der Waals surface area contributed by atoms with Gasteiger partial charge >= 0.3 is 11.9 Å². The fourth-order valence-corrected chi connectivity index (χ4v) is 2.13. The first-order valence-electron chi connectivity index (χ1n) is 8.40. The first-order valence-corrected chi connectivity index (χ1v) is 9.28. The number of hydrogen-bond donors (Lipinski definition) is 1. The number of halogens is 1. The van der Waals surface area contributed by atoms with Crippen molar-refractivity contribution in [2.75, 3.05) is 46.2 Å². The molecule has 0 amide bonds. The zero-order valence-electron chi connectivity index (χ0n) is 15.4. The van der Waals surface area contributed by atoms with Crippen molar-refractivity contribution < 1.29 is 36.7 Å². The third kappa shape index (κ3) is 10.0. The molecular formula is C18H25IO8. The lowest BCUT2D eigenvalue weighted by molar-refractivity contribution is -0.0881. The summed E-state index contributed by atoms with van der Waals surface area (Å²) in [6.07, 6.45) is 0. The Morgan fingerprint density at radius 3 is 1.93 bits per heavy atom. The summed E-state index contributed by atoms with van der Waals surface area (Å²) in [5.41, 5.74) is 0.118. The van der Waals surface area contributed by atoms with Gasteiger partial charge in [-0.05, 0) is 38.1 Å². The van der Waals surface area contributed by atoms with Crippen molar-refractivity contribution in [3.05, 3.63) is 35.4 Å². The lowest BCUT2D eigenvalue weighted by Gasteiger charge is -2.24. The molecule has 0 radical (unpaired) electrons. The number of hydrogen-bond acceptors (Lipinski definition) is 8. The molecule has 0 heterocycles. The Labute approximate surface area is 172 Å². The van der Waals surface area contributed by atoms with Crippen molar-refractivity contribution in [2.45, 2.75) is 19.4 Å². The molecule has 0 spiro atoms. The van der Waals surface area contributed by atoms with Crippen LogP contribution in [-0.4, -0.2) is 68.9 Å². The summed E-state index contributed by atoms with van der Waals surface area (Å²) in [4.78, 5) is 23.8. The predicted octanol–water partition coefficient (Wildman–Crippen LogP) is 2.17. The minimum Gasteiger partial charge on any atom is -0.460 e. The predicted molar refractivity (Wildman–Crippen MR) is 105 cm³/mol. The molecule has 0 aliphatic heterocycles. The molecule has 1 aromatic carbocycles. The van der Waals surface area contributed by atoms with Gasteiger partial charge in [0, 0.05) is 0 Å². The van der Waals surface area contributed by atoms with E-state index in [1.807, 2.05) is 13.8 Å². The number of benzene rings is 1. The Balaban J connectivity index is 2.35. The number of aliphatic hydroxyl groups is 1. The average molecular weight is 496 g/mol. The van der Waals surface area contributed by atoms with Crippen LogP contribution >= 0.6 is 23.0 Å². The largest absolute Gasteiger partial charge is 0.460 e. The molecule has 1 aromatic rings. The molecule has 27 heavy (non-hydrogen) atoms. The van der Waals surface area contributed by atoms with Crippen LogP contribution in [0.15, 0.2) is 24.3 Å². The van der Waals surface area contributed by atoms with Gasteiger partial charge < -0.3 is 27.1 Å².